The van der Waals surface area contributed by atoms with Gasteiger partial charge in [-0.2, -0.15) is 0 Å². The van der Waals surface area contributed by atoms with Crippen molar-refractivity contribution < 1.29 is 0 Å². The first-order valence-electron chi connectivity index (χ1n) is 5.50. The summed E-state index contributed by atoms with van der Waals surface area (Å²) in [6.07, 6.45) is 5.50. The lowest BCUT2D eigenvalue weighted by molar-refractivity contribution is 0.307. The maximum atomic E-state index is 5.65. The molecule has 0 aromatic carbocycles. The number of pyridine rings is 1. The summed E-state index contributed by atoms with van der Waals surface area (Å²) in [5.74, 6) is 1.61. The summed E-state index contributed by atoms with van der Waals surface area (Å²) in [7, 11) is 4.06. The molecule has 0 aliphatic heterocycles. The van der Waals surface area contributed by atoms with Gasteiger partial charge in [-0.25, -0.2) is 9.97 Å². The van der Waals surface area contributed by atoms with Gasteiger partial charge in [0.15, 0.2) is 0 Å². The number of nitrogens with two attached hydrogens (primary N) is 1. The minimum atomic E-state index is 0.563. The molecule has 17 heavy (non-hydrogen) atoms. The highest BCUT2D eigenvalue weighted by atomic mass is 15.1. The number of rotatable bonds is 4. The van der Waals surface area contributed by atoms with E-state index in [1.165, 1.54) is 0 Å². The summed E-state index contributed by atoms with van der Waals surface area (Å²) in [6.45, 7) is 1.64. The van der Waals surface area contributed by atoms with E-state index in [1.807, 2.05) is 36.1 Å². The molecule has 0 saturated heterocycles. The largest absolute Gasteiger partial charge is 0.384 e. The van der Waals surface area contributed by atoms with Gasteiger partial charge in [0.05, 0.1) is 6.54 Å². The van der Waals surface area contributed by atoms with Crippen LogP contribution in [0.5, 0.6) is 0 Å². The predicted octanol–water partition coefficient (Wildman–Crippen LogP) is 1.03. The quantitative estimate of drug-likeness (QED) is 0.853. The second kappa shape index (κ2) is 4.97. The fourth-order valence-corrected chi connectivity index (χ4v) is 1.75. The Labute approximate surface area is 101 Å². The highest BCUT2D eigenvalue weighted by Gasteiger charge is 2.05. The first-order chi connectivity index (χ1) is 8.15. The normalized spacial score (nSPS) is 11.0. The van der Waals surface area contributed by atoms with Crippen molar-refractivity contribution in [2.75, 3.05) is 12.8 Å². The molecule has 0 spiro atoms. The number of nitrogens with zero attached hydrogens (tertiary/aromatic N) is 4. The van der Waals surface area contributed by atoms with E-state index in [1.54, 1.807) is 6.20 Å². The molecule has 90 valence electrons. The van der Waals surface area contributed by atoms with Gasteiger partial charge in [0.2, 0.25) is 0 Å². The smallest absolute Gasteiger partial charge is 0.123 e. The Kier molecular flexibility index (Phi) is 3.39. The molecule has 5 heteroatoms. The van der Waals surface area contributed by atoms with E-state index in [9.17, 15) is 0 Å². The third kappa shape index (κ3) is 3.04. The average molecular weight is 231 g/mol. The minimum Gasteiger partial charge on any atom is -0.384 e. The standard InChI is InChI=1S/C12H17N5/c1-16(9-12-15-5-6-17(12)2)8-10-3-4-14-11(13)7-10/h3-7H,8-9H2,1-2H3,(H2,13,14). The van der Waals surface area contributed by atoms with Gasteiger partial charge >= 0.3 is 0 Å². The van der Waals surface area contributed by atoms with Crippen LogP contribution in [0.3, 0.4) is 0 Å². The monoisotopic (exact) mass is 231 g/mol. The SMILES string of the molecule is CN(Cc1ccnc(N)c1)Cc1nccn1C. The van der Waals surface area contributed by atoms with Crippen molar-refractivity contribution in [1.82, 2.24) is 19.4 Å². The Morgan fingerprint density at radius 3 is 2.76 bits per heavy atom. The van der Waals surface area contributed by atoms with Crippen LogP contribution in [0.4, 0.5) is 5.82 Å². The van der Waals surface area contributed by atoms with Crippen molar-refractivity contribution in [3.05, 3.63) is 42.1 Å². The van der Waals surface area contributed by atoms with Gasteiger partial charge < -0.3 is 10.3 Å². The van der Waals surface area contributed by atoms with Gasteiger partial charge in [0.25, 0.3) is 0 Å². The molecule has 0 atom stereocenters. The Balaban J connectivity index is 1.98. The number of imidazole rings is 1. The summed E-state index contributed by atoms with van der Waals surface area (Å²) in [6, 6.07) is 3.88. The molecule has 0 aliphatic rings. The van der Waals surface area contributed by atoms with Crippen molar-refractivity contribution in [3.8, 4) is 0 Å². The Hall–Kier alpha value is -1.88. The Bertz CT molecular complexity index is 491. The van der Waals surface area contributed by atoms with E-state index in [0.717, 1.165) is 24.5 Å². The number of aromatic nitrogens is 3. The van der Waals surface area contributed by atoms with Crippen molar-refractivity contribution in [3.63, 3.8) is 0 Å². The molecule has 2 aromatic heterocycles. The lowest BCUT2D eigenvalue weighted by Gasteiger charge is -2.16. The average Bonchev–Trinajstić information content (AvgIpc) is 2.64. The van der Waals surface area contributed by atoms with Crippen molar-refractivity contribution >= 4 is 5.82 Å². The fraction of sp³-hybridized carbons (Fsp3) is 0.333. The Morgan fingerprint density at radius 1 is 1.29 bits per heavy atom. The number of aryl methyl sites for hydroxylation is 1. The first-order valence-corrected chi connectivity index (χ1v) is 5.50. The molecule has 2 N–H and O–H groups in total. The van der Waals surface area contributed by atoms with E-state index < -0.39 is 0 Å². The van der Waals surface area contributed by atoms with Gasteiger partial charge in [-0.15, -0.1) is 0 Å². The lowest BCUT2D eigenvalue weighted by atomic mass is 10.2. The molecule has 5 nitrogen and oxygen atoms in total. The molecule has 2 aromatic rings. The third-order valence-electron chi connectivity index (χ3n) is 2.63. The minimum absolute atomic E-state index is 0.563. The number of anilines is 1. The van der Waals surface area contributed by atoms with Gasteiger partial charge in [-0.05, 0) is 24.7 Å². The highest BCUT2D eigenvalue weighted by molar-refractivity contribution is 5.31. The van der Waals surface area contributed by atoms with E-state index in [-0.39, 0.29) is 0 Å². The summed E-state index contributed by atoms with van der Waals surface area (Å²) in [4.78, 5) is 10.5. The number of hydrogen-bond acceptors (Lipinski definition) is 4. The van der Waals surface area contributed by atoms with Crippen molar-refractivity contribution in [2.45, 2.75) is 13.1 Å². The summed E-state index contributed by atoms with van der Waals surface area (Å²) >= 11 is 0. The molecular formula is C12H17N5. The van der Waals surface area contributed by atoms with Crippen LogP contribution in [-0.4, -0.2) is 26.5 Å². The summed E-state index contributed by atoms with van der Waals surface area (Å²) < 4.78 is 2.03. The summed E-state index contributed by atoms with van der Waals surface area (Å²) in [5.41, 5.74) is 6.81. The number of hydrogen-bond donors (Lipinski definition) is 1. The lowest BCUT2D eigenvalue weighted by Crippen LogP contribution is -2.19. The maximum absolute atomic E-state index is 5.65. The van der Waals surface area contributed by atoms with Crippen LogP contribution in [0.1, 0.15) is 11.4 Å². The van der Waals surface area contributed by atoms with Gasteiger partial charge in [-0.3, -0.25) is 4.90 Å². The molecule has 0 unspecified atom stereocenters. The maximum Gasteiger partial charge on any atom is 0.123 e. The second-order valence-electron chi connectivity index (χ2n) is 4.22. The van der Waals surface area contributed by atoms with E-state index in [4.69, 9.17) is 5.73 Å². The highest BCUT2D eigenvalue weighted by Crippen LogP contribution is 2.08. The zero-order valence-electron chi connectivity index (χ0n) is 10.2. The molecule has 0 radical (unpaired) electrons. The Morgan fingerprint density at radius 2 is 2.12 bits per heavy atom. The van der Waals surface area contributed by atoms with E-state index >= 15 is 0 Å². The van der Waals surface area contributed by atoms with Crippen molar-refractivity contribution in [1.29, 1.82) is 0 Å². The summed E-state index contributed by atoms with van der Waals surface area (Å²) in [5, 5.41) is 0. The van der Waals surface area contributed by atoms with Gasteiger partial charge in [-0.1, -0.05) is 0 Å². The third-order valence-corrected chi connectivity index (χ3v) is 2.63. The first kappa shape index (κ1) is 11.6. The molecule has 2 rings (SSSR count). The van der Waals surface area contributed by atoms with Crippen LogP contribution in [0.25, 0.3) is 0 Å². The molecule has 0 bridgehead atoms. The van der Waals surface area contributed by atoms with Crippen molar-refractivity contribution in [2.24, 2.45) is 7.05 Å². The van der Waals surface area contributed by atoms with Crippen LogP contribution < -0.4 is 5.73 Å². The topological polar surface area (TPSA) is 60.0 Å². The molecule has 0 fully saturated rings. The van der Waals surface area contributed by atoms with Gasteiger partial charge in [0, 0.05) is 32.2 Å². The van der Waals surface area contributed by atoms with Gasteiger partial charge in [0.1, 0.15) is 11.6 Å². The molecular weight excluding hydrogens is 214 g/mol. The molecule has 2 heterocycles. The van der Waals surface area contributed by atoms with Crippen LogP contribution in [0, 0.1) is 0 Å². The van der Waals surface area contributed by atoms with Crippen LogP contribution >= 0.6 is 0 Å². The fourth-order valence-electron chi connectivity index (χ4n) is 1.75. The number of nitrogen functional groups attached to an aromatic ring is 1. The van der Waals surface area contributed by atoms with Crippen LogP contribution in [-0.2, 0) is 20.1 Å². The zero-order valence-corrected chi connectivity index (χ0v) is 10.2. The zero-order chi connectivity index (χ0) is 12.3. The van der Waals surface area contributed by atoms with Crippen LogP contribution in [0.15, 0.2) is 30.7 Å². The predicted molar refractivity (Wildman–Crippen MR) is 67.0 cm³/mol. The molecule has 0 saturated carbocycles. The molecule has 0 amide bonds. The van der Waals surface area contributed by atoms with Crippen LogP contribution in [0.2, 0.25) is 0 Å². The second-order valence-corrected chi connectivity index (χ2v) is 4.22. The van der Waals surface area contributed by atoms with E-state index in [2.05, 4.69) is 21.9 Å². The molecule has 0 aliphatic carbocycles. The van der Waals surface area contributed by atoms with E-state index in [0.29, 0.717) is 5.82 Å².